The maximum Gasteiger partial charge on any atom is 0.252 e. The van der Waals surface area contributed by atoms with Crippen molar-refractivity contribution in [3.63, 3.8) is 0 Å². The van der Waals surface area contributed by atoms with Crippen LogP contribution in [0.2, 0.25) is 0 Å². The molecule has 10 nitrogen and oxygen atoms in total. The molecule has 0 aliphatic rings. The smallest absolute Gasteiger partial charge is 0.252 e. The molecule has 3 heterocycles. The van der Waals surface area contributed by atoms with Crippen LogP contribution in [0.25, 0.3) is 5.95 Å². The van der Waals surface area contributed by atoms with Crippen molar-refractivity contribution in [1.29, 1.82) is 0 Å². The van der Waals surface area contributed by atoms with Crippen LogP contribution in [0.1, 0.15) is 17.1 Å². The van der Waals surface area contributed by atoms with E-state index in [0.717, 1.165) is 28.5 Å². The van der Waals surface area contributed by atoms with Gasteiger partial charge in [0.1, 0.15) is 11.6 Å². The molecule has 1 aromatic carbocycles. The molecule has 0 bridgehead atoms. The number of ether oxygens (including phenoxy) is 1. The van der Waals surface area contributed by atoms with E-state index in [1.807, 2.05) is 51.1 Å². The first-order valence-corrected chi connectivity index (χ1v) is 11.8. The van der Waals surface area contributed by atoms with Gasteiger partial charge in [-0.15, -0.1) is 10.2 Å². The lowest BCUT2D eigenvalue weighted by molar-refractivity contribution is -0.113. The van der Waals surface area contributed by atoms with Crippen LogP contribution in [0.5, 0.6) is 5.75 Å². The Morgan fingerprint density at radius 3 is 2.48 bits per heavy atom. The molecule has 0 fully saturated rings. The number of aryl methyl sites for hydroxylation is 3. The lowest BCUT2D eigenvalue weighted by atomic mass is 10.3. The van der Waals surface area contributed by atoms with Gasteiger partial charge in [0.25, 0.3) is 5.95 Å². The minimum atomic E-state index is -0.189. The summed E-state index contributed by atoms with van der Waals surface area (Å²) >= 11 is 2.68. The fraction of sp³-hybridized carbons (Fsp3) is 0.238. The van der Waals surface area contributed by atoms with E-state index in [9.17, 15) is 4.79 Å². The van der Waals surface area contributed by atoms with Crippen LogP contribution in [0, 0.1) is 20.8 Å². The van der Waals surface area contributed by atoms with Gasteiger partial charge in [-0.1, -0.05) is 23.1 Å². The topological polar surface area (TPSA) is 120 Å². The summed E-state index contributed by atoms with van der Waals surface area (Å²) in [6, 6.07) is 11.2. The van der Waals surface area contributed by atoms with Crippen LogP contribution >= 0.6 is 23.1 Å². The van der Waals surface area contributed by atoms with Crippen LogP contribution in [0.4, 0.5) is 16.6 Å². The van der Waals surface area contributed by atoms with Gasteiger partial charge in [0.05, 0.1) is 18.6 Å². The van der Waals surface area contributed by atoms with Gasteiger partial charge < -0.3 is 15.4 Å². The quantitative estimate of drug-likeness (QED) is 0.360. The molecule has 2 N–H and O–H groups in total. The van der Waals surface area contributed by atoms with E-state index in [4.69, 9.17) is 4.74 Å². The molecule has 0 atom stereocenters. The maximum atomic E-state index is 12.6. The van der Waals surface area contributed by atoms with Crippen LogP contribution in [-0.2, 0) is 4.79 Å². The number of benzene rings is 1. The zero-order chi connectivity index (χ0) is 23.4. The number of thioether (sulfide) groups is 1. The van der Waals surface area contributed by atoms with Crippen molar-refractivity contribution < 1.29 is 9.53 Å². The van der Waals surface area contributed by atoms with Gasteiger partial charge in [-0.3, -0.25) is 4.79 Å². The molecule has 0 radical (unpaired) electrons. The highest BCUT2D eigenvalue weighted by Crippen LogP contribution is 2.28. The summed E-state index contributed by atoms with van der Waals surface area (Å²) in [6.07, 6.45) is 0. The number of anilines is 3. The van der Waals surface area contributed by atoms with E-state index >= 15 is 0 Å². The number of amides is 1. The second-order valence-corrected chi connectivity index (χ2v) is 9.30. The Bertz CT molecular complexity index is 1250. The molecule has 12 heteroatoms. The average molecular weight is 483 g/mol. The summed E-state index contributed by atoms with van der Waals surface area (Å²) in [5, 5.41) is 19.4. The van der Waals surface area contributed by atoms with Gasteiger partial charge in [0.15, 0.2) is 4.34 Å². The van der Waals surface area contributed by atoms with Gasteiger partial charge in [-0.25, -0.2) is 9.97 Å². The fourth-order valence-corrected chi connectivity index (χ4v) is 4.54. The van der Waals surface area contributed by atoms with Gasteiger partial charge in [-0.05, 0) is 51.1 Å². The number of aromatic nitrogens is 6. The Morgan fingerprint density at radius 1 is 1.06 bits per heavy atom. The fourth-order valence-electron chi connectivity index (χ4n) is 2.97. The van der Waals surface area contributed by atoms with E-state index in [0.29, 0.717) is 21.2 Å². The summed E-state index contributed by atoms with van der Waals surface area (Å²) in [4.78, 5) is 21.4. The van der Waals surface area contributed by atoms with Crippen LogP contribution in [0.3, 0.4) is 0 Å². The van der Waals surface area contributed by atoms with Gasteiger partial charge >= 0.3 is 0 Å². The number of hydrogen-bond donors (Lipinski definition) is 2. The summed E-state index contributed by atoms with van der Waals surface area (Å²) in [6.45, 7) is 5.63. The number of carbonyl (C=O) groups is 1. The summed E-state index contributed by atoms with van der Waals surface area (Å²) < 4.78 is 7.38. The summed E-state index contributed by atoms with van der Waals surface area (Å²) in [5.41, 5.74) is 3.28. The molecule has 0 saturated heterocycles. The second-order valence-electron chi connectivity index (χ2n) is 7.10. The molecular formula is C21H22N8O2S2. The third kappa shape index (κ3) is 5.84. The number of nitrogens with one attached hydrogen (secondary N) is 2. The minimum absolute atomic E-state index is 0.176. The Kier molecular flexibility index (Phi) is 6.84. The van der Waals surface area contributed by atoms with Crippen LogP contribution in [-0.4, -0.2) is 48.7 Å². The van der Waals surface area contributed by atoms with Crippen molar-refractivity contribution >= 4 is 45.6 Å². The van der Waals surface area contributed by atoms with E-state index < -0.39 is 0 Å². The normalized spacial score (nSPS) is 10.8. The van der Waals surface area contributed by atoms with E-state index in [1.54, 1.807) is 17.9 Å². The number of methoxy groups -OCH3 is 1. The van der Waals surface area contributed by atoms with Crippen LogP contribution in [0.15, 0.2) is 40.7 Å². The average Bonchev–Trinajstić information content (AvgIpc) is 3.38. The third-order valence-electron chi connectivity index (χ3n) is 4.33. The first kappa shape index (κ1) is 22.7. The van der Waals surface area contributed by atoms with Gasteiger partial charge in [-0.2, -0.15) is 9.78 Å². The SMILES string of the molecule is COc1ccc(Nc2nnc(SCC(=O)Nc3cc(C)nn3-c3nc(C)cc(C)n3)s2)cc1. The second kappa shape index (κ2) is 9.96. The molecule has 0 aliphatic heterocycles. The first-order valence-electron chi connectivity index (χ1n) is 9.96. The Balaban J connectivity index is 1.36. The highest BCUT2D eigenvalue weighted by molar-refractivity contribution is 8.01. The Labute approximate surface area is 198 Å². The summed E-state index contributed by atoms with van der Waals surface area (Å²) in [5.74, 6) is 1.70. The van der Waals surface area contributed by atoms with Crippen molar-refractivity contribution in [3.8, 4) is 11.7 Å². The van der Waals surface area contributed by atoms with Crippen molar-refractivity contribution in [2.75, 3.05) is 23.5 Å². The number of hydrogen-bond acceptors (Lipinski definition) is 10. The first-order chi connectivity index (χ1) is 15.9. The van der Waals surface area contributed by atoms with Crippen molar-refractivity contribution in [1.82, 2.24) is 29.9 Å². The predicted molar refractivity (Wildman–Crippen MR) is 129 cm³/mol. The standard InChI is InChI=1S/C21H22N8O2S2/c1-12-9-13(2)23-19(22-12)29-17(10-14(3)28-29)25-18(30)11-32-21-27-26-20(33-21)24-15-5-7-16(31-4)8-6-15/h5-10H,11H2,1-4H3,(H,24,26)(H,25,30). The lowest BCUT2D eigenvalue weighted by Crippen LogP contribution is -2.18. The van der Waals surface area contributed by atoms with E-state index in [-0.39, 0.29) is 11.7 Å². The maximum absolute atomic E-state index is 12.6. The highest BCUT2D eigenvalue weighted by Gasteiger charge is 2.15. The molecule has 0 unspecified atom stereocenters. The predicted octanol–water partition coefficient (Wildman–Crippen LogP) is 3.92. The molecule has 0 spiro atoms. The minimum Gasteiger partial charge on any atom is -0.497 e. The summed E-state index contributed by atoms with van der Waals surface area (Å²) in [7, 11) is 1.62. The molecule has 0 saturated carbocycles. The Morgan fingerprint density at radius 2 is 1.79 bits per heavy atom. The van der Waals surface area contributed by atoms with E-state index in [1.165, 1.54) is 23.1 Å². The van der Waals surface area contributed by atoms with Crippen molar-refractivity contribution in [2.45, 2.75) is 25.1 Å². The Hall–Kier alpha value is -3.51. The monoisotopic (exact) mass is 482 g/mol. The molecule has 1 amide bonds. The number of nitrogens with zero attached hydrogens (tertiary/aromatic N) is 6. The van der Waals surface area contributed by atoms with Gasteiger partial charge in [0, 0.05) is 23.1 Å². The molecular weight excluding hydrogens is 460 g/mol. The highest BCUT2D eigenvalue weighted by atomic mass is 32.2. The zero-order valence-corrected chi connectivity index (χ0v) is 20.1. The number of carbonyl (C=O) groups excluding carboxylic acids is 1. The third-order valence-corrected chi connectivity index (χ3v) is 6.31. The largest absolute Gasteiger partial charge is 0.497 e. The molecule has 4 aromatic rings. The molecule has 33 heavy (non-hydrogen) atoms. The van der Waals surface area contributed by atoms with Crippen molar-refractivity contribution in [2.24, 2.45) is 0 Å². The zero-order valence-electron chi connectivity index (χ0n) is 18.5. The van der Waals surface area contributed by atoms with Crippen molar-refractivity contribution in [3.05, 3.63) is 53.5 Å². The van der Waals surface area contributed by atoms with Crippen LogP contribution < -0.4 is 15.4 Å². The number of rotatable bonds is 8. The lowest BCUT2D eigenvalue weighted by Gasteiger charge is -2.08. The molecule has 4 rings (SSSR count). The van der Waals surface area contributed by atoms with E-state index in [2.05, 4.69) is 35.9 Å². The molecule has 3 aromatic heterocycles. The molecule has 170 valence electrons. The molecule has 0 aliphatic carbocycles. The van der Waals surface area contributed by atoms with Gasteiger partial charge in [0.2, 0.25) is 11.0 Å².